The van der Waals surface area contributed by atoms with Crippen LogP contribution in [0.4, 0.5) is 0 Å². The van der Waals surface area contributed by atoms with E-state index in [0.717, 1.165) is 10.4 Å². The molecule has 2 N–H and O–H groups in total. The van der Waals surface area contributed by atoms with E-state index in [-0.39, 0.29) is 0 Å². The minimum absolute atomic E-state index is 0.972. The molecule has 0 aliphatic rings. The first-order valence-corrected chi connectivity index (χ1v) is 2.80. The van der Waals surface area contributed by atoms with E-state index in [1.165, 1.54) is 0 Å². The smallest absolute Gasteiger partial charge is 0.00173 e. The zero-order valence-electron chi connectivity index (χ0n) is 5.17. The predicted octanol–water partition coefficient (Wildman–Crippen LogP) is -0.206. The summed E-state index contributed by atoms with van der Waals surface area (Å²) in [5, 5.41) is 1.97. The molecule has 0 bridgehead atoms. The molecule has 1 rings (SSSR count). The number of hydrogen-bond donors (Lipinski definition) is 1. The van der Waals surface area contributed by atoms with Crippen LogP contribution < -0.4 is 16.2 Å². The summed E-state index contributed by atoms with van der Waals surface area (Å²) in [5.74, 6) is 0. The second kappa shape index (κ2) is 2.35. The highest BCUT2D eigenvalue weighted by molar-refractivity contribution is 5.22. The maximum Gasteiger partial charge on any atom is 0.00173 e. The van der Waals surface area contributed by atoms with Crippen LogP contribution in [-0.4, -0.2) is 0 Å². The highest BCUT2D eigenvalue weighted by atomic mass is 14.5. The molecule has 0 unspecified atom stereocenters. The zero-order valence-corrected chi connectivity index (χ0v) is 5.17. The molecule has 0 fully saturated rings. The summed E-state index contributed by atoms with van der Waals surface area (Å²) in [4.78, 5) is 0. The molecular formula is C8H9N. The van der Waals surface area contributed by atoms with Gasteiger partial charge in [0.15, 0.2) is 0 Å². The molecule has 1 heteroatoms. The molecular weight excluding hydrogens is 110 g/mol. The molecule has 9 heavy (non-hydrogen) atoms. The monoisotopic (exact) mass is 119 g/mol. The van der Waals surface area contributed by atoms with E-state index >= 15 is 0 Å². The van der Waals surface area contributed by atoms with Gasteiger partial charge in [-0.2, -0.15) is 0 Å². The van der Waals surface area contributed by atoms with Gasteiger partial charge in [-0.05, 0) is 10.4 Å². The maximum atomic E-state index is 5.29. The Morgan fingerprint density at radius 1 is 1.33 bits per heavy atom. The lowest BCUT2D eigenvalue weighted by Gasteiger charge is -1.82. The number of benzene rings is 1. The quantitative estimate of drug-likeness (QED) is 0.502. The lowest BCUT2D eigenvalue weighted by Crippen LogP contribution is -2.23. The minimum Gasteiger partial charge on any atom is -0.404 e. The minimum atomic E-state index is 0.972. The van der Waals surface area contributed by atoms with E-state index < -0.39 is 0 Å². The summed E-state index contributed by atoms with van der Waals surface area (Å²) in [6.45, 7) is 3.78. The van der Waals surface area contributed by atoms with Crippen LogP contribution in [0.1, 0.15) is 0 Å². The van der Waals surface area contributed by atoms with Crippen molar-refractivity contribution in [3.63, 3.8) is 0 Å². The molecule has 0 aromatic heterocycles. The summed E-state index contributed by atoms with van der Waals surface area (Å²) in [6, 6.07) is 7.74. The molecule has 0 spiro atoms. The van der Waals surface area contributed by atoms with Gasteiger partial charge in [0.1, 0.15) is 0 Å². The third kappa shape index (κ3) is 1.11. The topological polar surface area (TPSA) is 26.0 Å². The number of hydrogen-bond acceptors (Lipinski definition) is 1. The average Bonchev–Trinajstić information content (AvgIpc) is 1.89. The molecule has 0 saturated carbocycles. The maximum absolute atomic E-state index is 5.29. The first kappa shape index (κ1) is 5.89. The van der Waals surface area contributed by atoms with Crippen molar-refractivity contribution >= 4 is 12.8 Å². The van der Waals surface area contributed by atoms with Crippen LogP contribution in [0.25, 0.3) is 12.8 Å². The molecule has 0 atom stereocenters. The van der Waals surface area contributed by atoms with Crippen LogP contribution in [0.2, 0.25) is 0 Å². The Labute approximate surface area is 54.1 Å². The standard InChI is InChI=1S/C8H9N/c1-7-4-2-3-5-8(7)6-9/h2-6H,1,9H2/b8-6+. The summed E-state index contributed by atoms with van der Waals surface area (Å²) in [7, 11) is 0. The van der Waals surface area contributed by atoms with Crippen molar-refractivity contribution in [3.05, 3.63) is 34.7 Å². The van der Waals surface area contributed by atoms with Gasteiger partial charge in [-0.15, -0.1) is 0 Å². The number of rotatable bonds is 0. The second-order valence-corrected chi connectivity index (χ2v) is 1.87. The third-order valence-electron chi connectivity index (χ3n) is 1.23. The molecule has 0 saturated heterocycles. The van der Waals surface area contributed by atoms with Gasteiger partial charge in [0.05, 0.1) is 0 Å². The van der Waals surface area contributed by atoms with Crippen LogP contribution in [0.3, 0.4) is 0 Å². The van der Waals surface area contributed by atoms with Crippen molar-refractivity contribution in [2.45, 2.75) is 0 Å². The summed E-state index contributed by atoms with van der Waals surface area (Å²) in [6.07, 6.45) is 1.56. The summed E-state index contributed by atoms with van der Waals surface area (Å²) >= 11 is 0. The Morgan fingerprint density at radius 3 is 2.44 bits per heavy atom. The van der Waals surface area contributed by atoms with Crippen LogP contribution in [0.5, 0.6) is 0 Å². The van der Waals surface area contributed by atoms with Gasteiger partial charge in [-0.3, -0.25) is 0 Å². The zero-order chi connectivity index (χ0) is 6.69. The van der Waals surface area contributed by atoms with Crippen LogP contribution in [-0.2, 0) is 0 Å². The van der Waals surface area contributed by atoms with Crippen molar-refractivity contribution in [1.29, 1.82) is 0 Å². The Hall–Kier alpha value is -1.24. The fourth-order valence-electron chi connectivity index (χ4n) is 0.697. The lowest BCUT2D eigenvalue weighted by atomic mass is 10.3. The Kier molecular flexibility index (Phi) is 1.54. The molecule has 0 heterocycles. The van der Waals surface area contributed by atoms with E-state index in [0.29, 0.717) is 0 Å². The molecule has 1 nitrogen and oxygen atoms in total. The molecule has 46 valence electrons. The molecule has 0 aliphatic carbocycles. The van der Waals surface area contributed by atoms with Crippen molar-refractivity contribution in [1.82, 2.24) is 0 Å². The lowest BCUT2D eigenvalue weighted by molar-refractivity contribution is 1.50. The van der Waals surface area contributed by atoms with E-state index in [9.17, 15) is 0 Å². The number of nitrogens with two attached hydrogens (primary N) is 1. The second-order valence-electron chi connectivity index (χ2n) is 1.87. The SMILES string of the molecule is C=c1cccc/c1=C\N. The Morgan fingerprint density at radius 2 is 2.00 bits per heavy atom. The van der Waals surface area contributed by atoms with E-state index in [4.69, 9.17) is 5.73 Å². The van der Waals surface area contributed by atoms with Gasteiger partial charge in [0.2, 0.25) is 0 Å². The Bertz CT molecular complexity index is 288. The molecule has 0 amide bonds. The first-order valence-electron chi connectivity index (χ1n) is 2.80. The summed E-state index contributed by atoms with van der Waals surface area (Å²) in [5.41, 5.74) is 5.29. The highest BCUT2D eigenvalue weighted by Crippen LogP contribution is 1.67. The van der Waals surface area contributed by atoms with E-state index in [2.05, 4.69) is 6.58 Å². The molecule has 0 radical (unpaired) electrons. The summed E-state index contributed by atoms with van der Waals surface area (Å²) < 4.78 is 0. The Balaban J connectivity index is 3.53. The van der Waals surface area contributed by atoms with Crippen molar-refractivity contribution in [3.8, 4) is 0 Å². The fourth-order valence-corrected chi connectivity index (χ4v) is 0.697. The van der Waals surface area contributed by atoms with Crippen LogP contribution in [0.15, 0.2) is 24.3 Å². The van der Waals surface area contributed by atoms with Gasteiger partial charge >= 0.3 is 0 Å². The normalized spacial score (nSPS) is 11.8. The average molecular weight is 119 g/mol. The van der Waals surface area contributed by atoms with Gasteiger partial charge in [-0.25, -0.2) is 0 Å². The van der Waals surface area contributed by atoms with Crippen molar-refractivity contribution in [2.75, 3.05) is 0 Å². The first-order chi connectivity index (χ1) is 4.34. The van der Waals surface area contributed by atoms with Gasteiger partial charge in [0.25, 0.3) is 0 Å². The molecule has 1 aromatic carbocycles. The third-order valence-corrected chi connectivity index (χ3v) is 1.23. The van der Waals surface area contributed by atoms with Crippen molar-refractivity contribution in [2.24, 2.45) is 5.73 Å². The van der Waals surface area contributed by atoms with Gasteiger partial charge in [-0.1, -0.05) is 30.8 Å². The van der Waals surface area contributed by atoms with Crippen molar-refractivity contribution < 1.29 is 0 Å². The largest absolute Gasteiger partial charge is 0.404 e. The molecule has 1 aromatic rings. The van der Waals surface area contributed by atoms with Gasteiger partial charge in [0, 0.05) is 6.20 Å². The fraction of sp³-hybridized carbons (Fsp3) is 0. The molecule has 0 aliphatic heterocycles. The van der Waals surface area contributed by atoms with Crippen LogP contribution >= 0.6 is 0 Å². The highest BCUT2D eigenvalue weighted by Gasteiger charge is 1.74. The predicted molar refractivity (Wildman–Crippen MR) is 39.9 cm³/mol. The van der Waals surface area contributed by atoms with E-state index in [1.807, 2.05) is 24.3 Å². The van der Waals surface area contributed by atoms with Crippen LogP contribution in [0, 0.1) is 0 Å². The van der Waals surface area contributed by atoms with E-state index in [1.54, 1.807) is 6.20 Å². The van der Waals surface area contributed by atoms with Gasteiger partial charge < -0.3 is 5.73 Å².